The molecule has 3 N–H and O–H groups in total. The quantitative estimate of drug-likeness (QED) is 0.449. The first-order chi connectivity index (χ1) is 9.95. The third-order valence-corrected chi connectivity index (χ3v) is 4.73. The molecule has 2 aromatic carbocycles. The molecule has 21 heavy (non-hydrogen) atoms. The molecule has 0 radical (unpaired) electrons. The molecule has 0 aliphatic heterocycles. The minimum atomic E-state index is -0.0229. The highest BCUT2D eigenvalue weighted by Gasteiger charge is 2.08. The number of anilines is 2. The summed E-state index contributed by atoms with van der Waals surface area (Å²) < 4.78 is 1.16. The SMILES string of the molecule is Cc1ccc(N)c(SCC(=O)Nc2ccc(I)cc2C)c1. The number of rotatable bonds is 4. The zero-order chi connectivity index (χ0) is 15.4. The van der Waals surface area contributed by atoms with Crippen LogP contribution >= 0.6 is 34.4 Å². The number of thioether (sulfide) groups is 1. The van der Waals surface area contributed by atoms with E-state index in [9.17, 15) is 4.79 Å². The summed E-state index contributed by atoms with van der Waals surface area (Å²) in [7, 11) is 0. The van der Waals surface area contributed by atoms with Crippen LogP contribution in [0.2, 0.25) is 0 Å². The lowest BCUT2D eigenvalue weighted by atomic mass is 10.2. The smallest absolute Gasteiger partial charge is 0.234 e. The topological polar surface area (TPSA) is 55.1 Å². The number of carbonyl (C=O) groups is 1. The van der Waals surface area contributed by atoms with Crippen LogP contribution < -0.4 is 11.1 Å². The van der Waals surface area contributed by atoms with Gasteiger partial charge in [-0.15, -0.1) is 11.8 Å². The Balaban J connectivity index is 1.97. The number of nitrogens with one attached hydrogen (secondary N) is 1. The van der Waals surface area contributed by atoms with E-state index in [4.69, 9.17) is 5.73 Å². The van der Waals surface area contributed by atoms with Crippen LogP contribution in [0.3, 0.4) is 0 Å². The van der Waals surface area contributed by atoms with Gasteiger partial charge in [0, 0.05) is 19.8 Å². The molecule has 1 amide bonds. The van der Waals surface area contributed by atoms with Gasteiger partial charge in [0.25, 0.3) is 0 Å². The second-order valence-corrected chi connectivity index (χ2v) is 7.10. The molecule has 2 aromatic rings. The van der Waals surface area contributed by atoms with Crippen LogP contribution in [0.25, 0.3) is 0 Å². The molecule has 0 atom stereocenters. The molecule has 0 aliphatic carbocycles. The summed E-state index contributed by atoms with van der Waals surface area (Å²) in [6, 6.07) is 11.8. The van der Waals surface area contributed by atoms with Crippen LogP contribution in [0.1, 0.15) is 11.1 Å². The molecule has 0 spiro atoms. The maximum atomic E-state index is 12.0. The van der Waals surface area contributed by atoms with E-state index in [1.165, 1.54) is 11.8 Å². The number of hydrogen-bond acceptors (Lipinski definition) is 3. The van der Waals surface area contributed by atoms with Gasteiger partial charge in [0.05, 0.1) is 5.75 Å². The van der Waals surface area contributed by atoms with Gasteiger partial charge in [0.1, 0.15) is 0 Å². The summed E-state index contributed by atoms with van der Waals surface area (Å²) in [5, 5.41) is 2.94. The molecule has 0 aromatic heterocycles. The van der Waals surface area contributed by atoms with E-state index in [-0.39, 0.29) is 5.91 Å². The second kappa shape index (κ2) is 7.17. The van der Waals surface area contributed by atoms with Crippen molar-refractivity contribution in [3.8, 4) is 0 Å². The Morgan fingerprint density at radius 3 is 2.71 bits per heavy atom. The Morgan fingerprint density at radius 1 is 1.24 bits per heavy atom. The first-order valence-corrected chi connectivity index (χ1v) is 8.57. The Bertz CT molecular complexity index is 673. The second-order valence-electron chi connectivity index (χ2n) is 4.84. The van der Waals surface area contributed by atoms with Crippen molar-refractivity contribution in [2.75, 3.05) is 16.8 Å². The van der Waals surface area contributed by atoms with Crippen molar-refractivity contribution >= 4 is 51.6 Å². The van der Waals surface area contributed by atoms with Crippen LogP contribution in [0.15, 0.2) is 41.3 Å². The summed E-state index contributed by atoms with van der Waals surface area (Å²) in [5.74, 6) is 0.323. The Kier molecular flexibility index (Phi) is 5.52. The molecule has 110 valence electrons. The van der Waals surface area contributed by atoms with Crippen LogP contribution in [0, 0.1) is 17.4 Å². The molecule has 0 saturated heterocycles. The summed E-state index contributed by atoms with van der Waals surface area (Å²) >= 11 is 3.72. The third-order valence-electron chi connectivity index (χ3n) is 2.99. The Labute approximate surface area is 142 Å². The van der Waals surface area contributed by atoms with Crippen molar-refractivity contribution in [3.05, 3.63) is 51.1 Å². The first kappa shape index (κ1) is 16.2. The average molecular weight is 412 g/mol. The number of hydrogen-bond donors (Lipinski definition) is 2. The van der Waals surface area contributed by atoms with Crippen LogP contribution in [0.4, 0.5) is 11.4 Å². The fraction of sp³-hybridized carbons (Fsp3) is 0.188. The van der Waals surface area contributed by atoms with Crippen molar-refractivity contribution in [3.63, 3.8) is 0 Å². The fourth-order valence-corrected chi connectivity index (χ4v) is 3.37. The molecule has 0 aliphatic rings. The molecule has 0 fully saturated rings. The van der Waals surface area contributed by atoms with Crippen molar-refractivity contribution in [2.24, 2.45) is 0 Å². The van der Waals surface area contributed by atoms with Crippen molar-refractivity contribution in [1.82, 2.24) is 0 Å². The maximum absolute atomic E-state index is 12.0. The van der Waals surface area contributed by atoms with Gasteiger partial charge < -0.3 is 11.1 Å². The monoisotopic (exact) mass is 412 g/mol. The zero-order valence-corrected chi connectivity index (χ0v) is 14.9. The average Bonchev–Trinajstić information content (AvgIpc) is 2.43. The highest BCUT2D eigenvalue weighted by atomic mass is 127. The van der Waals surface area contributed by atoms with Gasteiger partial charge in [-0.1, -0.05) is 6.07 Å². The minimum Gasteiger partial charge on any atom is -0.398 e. The summed E-state index contributed by atoms with van der Waals surface area (Å²) in [4.78, 5) is 13.0. The molecule has 0 unspecified atom stereocenters. The van der Waals surface area contributed by atoms with Gasteiger partial charge in [-0.2, -0.15) is 0 Å². The maximum Gasteiger partial charge on any atom is 0.234 e. The molecule has 3 nitrogen and oxygen atoms in total. The van der Waals surface area contributed by atoms with Crippen molar-refractivity contribution in [2.45, 2.75) is 18.7 Å². The molecule has 2 rings (SSSR count). The van der Waals surface area contributed by atoms with E-state index < -0.39 is 0 Å². The normalized spacial score (nSPS) is 10.4. The molecule has 0 bridgehead atoms. The van der Waals surface area contributed by atoms with Crippen LogP contribution in [0.5, 0.6) is 0 Å². The fourth-order valence-electron chi connectivity index (χ4n) is 1.86. The van der Waals surface area contributed by atoms with E-state index >= 15 is 0 Å². The Morgan fingerprint density at radius 2 is 2.00 bits per heavy atom. The van der Waals surface area contributed by atoms with Gasteiger partial charge in [-0.05, 0) is 77.9 Å². The van der Waals surface area contributed by atoms with Crippen LogP contribution in [-0.2, 0) is 4.79 Å². The van der Waals surface area contributed by atoms with E-state index in [2.05, 4.69) is 27.9 Å². The van der Waals surface area contributed by atoms with E-state index in [1.54, 1.807) is 0 Å². The number of halogens is 1. The number of benzene rings is 2. The summed E-state index contributed by atoms with van der Waals surface area (Å²) in [6.07, 6.45) is 0. The molecule has 0 saturated carbocycles. The van der Waals surface area contributed by atoms with Gasteiger partial charge >= 0.3 is 0 Å². The van der Waals surface area contributed by atoms with Gasteiger partial charge in [-0.25, -0.2) is 0 Å². The minimum absolute atomic E-state index is 0.0229. The van der Waals surface area contributed by atoms with Gasteiger partial charge in [0.15, 0.2) is 0 Å². The third kappa shape index (κ3) is 4.64. The lowest BCUT2D eigenvalue weighted by Gasteiger charge is -2.10. The van der Waals surface area contributed by atoms with E-state index in [1.807, 2.05) is 50.2 Å². The molecule has 5 heteroatoms. The largest absolute Gasteiger partial charge is 0.398 e. The van der Waals surface area contributed by atoms with Gasteiger partial charge in [0.2, 0.25) is 5.91 Å². The highest BCUT2D eigenvalue weighted by molar-refractivity contribution is 14.1. The molecule has 0 heterocycles. The molecular formula is C16H17IN2OS. The van der Waals surface area contributed by atoms with Crippen LogP contribution in [-0.4, -0.2) is 11.7 Å². The molecular weight excluding hydrogens is 395 g/mol. The first-order valence-electron chi connectivity index (χ1n) is 6.50. The summed E-state index contributed by atoms with van der Waals surface area (Å²) in [6.45, 7) is 4.00. The highest BCUT2D eigenvalue weighted by Crippen LogP contribution is 2.26. The number of nitrogen functional groups attached to an aromatic ring is 1. The van der Waals surface area contributed by atoms with Crippen molar-refractivity contribution in [1.29, 1.82) is 0 Å². The van der Waals surface area contributed by atoms with E-state index in [0.717, 1.165) is 25.3 Å². The lowest BCUT2D eigenvalue weighted by Crippen LogP contribution is -2.15. The van der Waals surface area contributed by atoms with E-state index in [0.29, 0.717) is 11.4 Å². The zero-order valence-electron chi connectivity index (χ0n) is 11.9. The Hall–Kier alpha value is -1.21. The van der Waals surface area contributed by atoms with Gasteiger partial charge in [-0.3, -0.25) is 4.79 Å². The number of carbonyl (C=O) groups excluding carboxylic acids is 1. The van der Waals surface area contributed by atoms with Crippen molar-refractivity contribution < 1.29 is 4.79 Å². The predicted molar refractivity (Wildman–Crippen MR) is 98.8 cm³/mol. The number of nitrogens with two attached hydrogens (primary N) is 1. The predicted octanol–water partition coefficient (Wildman–Crippen LogP) is 4.22. The number of aryl methyl sites for hydroxylation is 2. The summed E-state index contributed by atoms with van der Waals surface area (Å²) in [5.41, 5.74) is 9.69. The standard InChI is InChI=1S/C16H17IN2OS/c1-10-3-5-13(18)15(7-10)21-9-16(20)19-14-6-4-12(17)8-11(14)2/h3-8H,9,18H2,1-2H3,(H,19,20). The number of amides is 1. The lowest BCUT2D eigenvalue weighted by molar-refractivity contribution is -0.113.